The van der Waals surface area contributed by atoms with Gasteiger partial charge in [-0.05, 0) is 38.5 Å². The Labute approximate surface area is 126 Å². The van der Waals surface area contributed by atoms with Crippen molar-refractivity contribution in [3.63, 3.8) is 0 Å². The third-order valence-corrected chi connectivity index (χ3v) is 3.44. The second-order valence-corrected chi connectivity index (χ2v) is 5.71. The summed E-state index contributed by atoms with van der Waals surface area (Å²) in [5, 5.41) is 9.18. The average molecular weight is 344 g/mol. The number of amides is 1. The highest BCUT2D eigenvalue weighted by atomic mass is 79.9. The van der Waals surface area contributed by atoms with E-state index in [9.17, 15) is 14.7 Å². The fourth-order valence-electron chi connectivity index (χ4n) is 1.60. The van der Waals surface area contributed by atoms with E-state index in [2.05, 4.69) is 15.9 Å². The fourth-order valence-corrected chi connectivity index (χ4v) is 2.18. The van der Waals surface area contributed by atoms with E-state index in [0.717, 1.165) is 0 Å². The van der Waals surface area contributed by atoms with Crippen LogP contribution in [-0.2, 0) is 4.79 Å². The molecule has 0 unspecified atom stereocenters. The summed E-state index contributed by atoms with van der Waals surface area (Å²) in [4.78, 5) is 24.6. The van der Waals surface area contributed by atoms with Gasteiger partial charge in [-0.3, -0.25) is 4.79 Å². The Hall–Kier alpha value is -1.56. The van der Waals surface area contributed by atoms with Gasteiger partial charge in [0.15, 0.2) is 6.61 Å². The highest BCUT2D eigenvalue weighted by Crippen LogP contribution is 2.28. The van der Waals surface area contributed by atoms with Crippen LogP contribution in [0.2, 0.25) is 0 Å². The van der Waals surface area contributed by atoms with Gasteiger partial charge in [0.1, 0.15) is 11.3 Å². The SMILES string of the molecule is Cc1cc(Br)cc(C(=O)O)c1OCC(=O)N(C)C(C)C. The number of carboxylic acids is 1. The molecule has 1 aromatic carbocycles. The van der Waals surface area contributed by atoms with Gasteiger partial charge in [0.2, 0.25) is 0 Å². The monoisotopic (exact) mass is 343 g/mol. The zero-order valence-corrected chi connectivity index (χ0v) is 13.5. The lowest BCUT2D eigenvalue weighted by atomic mass is 10.1. The molecule has 0 aliphatic rings. The molecule has 1 amide bonds. The Balaban J connectivity index is 2.93. The van der Waals surface area contributed by atoms with Crippen LogP contribution in [-0.4, -0.2) is 41.6 Å². The number of carboxylic acid groups (broad SMARTS) is 1. The molecular formula is C14H18BrNO4. The van der Waals surface area contributed by atoms with Crippen molar-refractivity contribution in [3.05, 3.63) is 27.7 Å². The Bertz CT molecular complexity index is 528. The molecule has 0 atom stereocenters. The second kappa shape index (κ2) is 6.74. The van der Waals surface area contributed by atoms with Crippen molar-refractivity contribution in [2.75, 3.05) is 13.7 Å². The highest BCUT2D eigenvalue weighted by Gasteiger charge is 2.18. The maximum absolute atomic E-state index is 11.9. The number of rotatable bonds is 5. The molecule has 5 nitrogen and oxygen atoms in total. The molecule has 0 fully saturated rings. The van der Waals surface area contributed by atoms with Crippen LogP contribution in [0.25, 0.3) is 0 Å². The van der Waals surface area contributed by atoms with Crippen LogP contribution < -0.4 is 4.74 Å². The van der Waals surface area contributed by atoms with Gasteiger partial charge in [-0.2, -0.15) is 0 Å². The van der Waals surface area contributed by atoms with Crippen LogP contribution in [0, 0.1) is 6.92 Å². The van der Waals surface area contributed by atoms with E-state index in [1.54, 1.807) is 24.9 Å². The van der Waals surface area contributed by atoms with Crippen LogP contribution in [0.4, 0.5) is 0 Å². The summed E-state index contributed by atoms with van der Waals surface area (Å²) in [7, 11) is 1.68. The first-order valence-corrected chi connectivity index (χ1v) is 6.95. The maximum atomic E-state index is 11.9. The van der Waals surface area contributed by atoms with Gasteiger partial charge >= 0.3 is 5.97 Å². The van der Waals surface area contributed by atoms with Crippen molar-refractivity contribution in [1.82, 2.24) is 4.90 Å². The highest BCUT2D eigenvalue weighted by molar-refractivity contribution is 9.10. The second-order valence-electron chi connectivity index (χ2n) is 4.79. The van der Waals surface area contributed by atoms with Crippen LogP contribution in [0.1, 0.15) is 29.8 Å². The number of halogens is 1. The minimum absolute atomic E-state index is 0.0388. The number of ether oxygens (including phenoxy) is 1. The maximum Gasteiger partial charge on any atom is 0.339 e. The molecular weight excluding hydrogens is 326 g/mol. The largest absolute Gasteiger partial charge is 0.483 e. The fraction of sp³-hybridized carbons (Fsp3) is 0.429. The number of aromatic carboxylic acids is 1. The van der Waals surface area contributed by atoms with E-state index in [4.69, 9.17) is 4.74 Å². The lowest BCUT2D eigenvalue weighted by molar-refractivity contribution is -0.133. The Morgan fingerprint density at radius 1 is 1.40 bits per heavy atom. The molecule has 1 N–H and O–H groups in total. The number of carbonyl (C=O) groups is 2. The Morgan fingerprint density at radius 3 is 2.50 bits per heavy atom. The van der Waals surface area contributed by atoms with Gasteiger partial charge in [-0.15, -0.1) is 0 Å². The lowest BCUT2D eigenvalue weighted by Gasteiger charge is -2.22. The molecule has 0 radical (unpaired) electrons. The van der Waals surface area contributed by atoms with E-state index in [1.165, 1.54) is 6.07 Å². The van der Waals surface area contributed by atoms with Crippen molar-refractivity contribution < 1.29 is 19.4 Å². The summed E-state index contributed by atoms with van der Waals surface area (Å²) >= 11 is 3.24. The summed E-state index contributed by atoms with van der Waals surface area (Å²) in [6.07, 6.45) is 0. The number of likely N-dealkylation sites (N-methyl/N-ethyl adjacent to an activating group) is 1. The lowest BCUT2D eigenvalue weighted by Crippen LogP contribution is -2.36. The van der Waals surface area contributed by atoms with Crippen LogP contribution in [0.3, 0.4) is 0 Å². The Morgan fingerprint density at radius 2 is 2.00 bits per heavy atom. The van der Waals surface area contributed by atoms with E-state index in [1.807, 2.05) is 13.8 Å². The number of aryl methyl sites for hydroxylation is 1. The molecule has 0 spiro atoms. The molecule has 0 aliphatic carbocycles. The van der Waals surface area contributed by atoms with Crippen molar-refractivity contribution in [3.8, 4) is 5.75 Å². The summed E-state index contributed by atoms with van der Waals surface area (Å²) in [5.74, 6) is -1.06. The molecule has 1 aromatic rings. The van der Waals surface area contributed by atoms with Gasteiger partial charge in [-0.1, -0.05) is 15.9 Å². The zero-order chi connectivity index (χ0) is 15.4. The van der Waals surface area contributed by atoms with E-state index in [-0.39, 0.29) is 29.9 Å². The van der Waals surface area contributed by atoms with Gasteiger partial charge in [0.05, 0.1) is 0 Å². The summed E-state index contributed by atoms with van der Waals surface area (Å²) in [5.41, 5.74) is 0.702. The molecule has 6 heteroatoms. The van der Waals surface area contributed by atoms with Crippen molar-refractivity contribution in [1.29, 1.82) is 0 Å². The van der Waals surface area contributed by atoms with Crippen LogP contribution >= 0.6 is 15.9 Å². The first-order valence-electron chi connectivity index (χ1n) is 6.16. The predicted octanol–water partition coefficient (Wildman–Crippen LogP) is 2.70. The number of carbonyl (C=O) groups excluding carboxylic acids is 1. The molecule has 20 heavy (non-hydrogen) atoms. The number of hydrogen-bond donors (Lipinski definition) is 1. The van der Waals surface area contributed by atoms with E-state index in [0.29, 0.717) is 10.0 Å². The van der Waals surface area contributed by atoms with Crippen LogP contribution in [0.15, 0.2) is 16.6 Å². The molecule has 1 rings (SSSR count). The minimum Gasteiger partial charge on any atom is -0.483 e. The third-order valence-electron chi connectivity index (χ3n) is 2.98. The third kappa shape index (κ3) is 3.96. The first-order chi connectivity index (χ1) is 9.23. The van der Waals surface area contributed by atoms with Crippen LogP contribution in [0.5, 0.6) is 5.75 Å². The van der Waals surface area contributed by atoms with E-state index < -0.39 is 5.97 Å². The molecule has 0 saturated carbocycles. The average Bonchev–Trinajstić information content (AvgIpc) is 2.35. The standard InChI is InChI=1S/C14H18BrNO4/c1-8(2)16(4)12(17)7-20-13-9(3)5-10(15)6-11(13)14(18)19/h5-6,8H,7H2,1-4H3,(H,18,19). The number of hydrogen-bond acceptors (Lipinski definition) is 3. The van der Waals surface area contributed by atoms with E-state index >= 15 is 0 Å². The molecule has 0 aromatic heterocycles. The number of nitrogens with zero attached hydrogens (tertiary/aromatic N) is 1. The minimum atomic E-state index is -1.09. The van der Waals surface area contributed by atoms with Crippen molar-refractivity contribution in [2.45, 2.75) is 26.8 Å². The molecule has 0 aliphatic heterocycles. The van der Waals surface area contributed by atoms with Crippen molar-refractivity contribution in [2.24, 2.45) is 0 Å². The van der Waals surface area contributed by atoms with Crippen molar-refractivity contribution >= 4 is 27.8 Å². The quantitative estimate of drug-likeness (QED) is 0.892. The summed E-state index contributed by atoms with van der Waals surface area (Å²) < 4.78 is 6.08. The van der Waals surface area contributed by atoms with Gasteiger partial charge in [0, 0.05) is 17.6 Å². The Kier molecular flexibility index (Phi) is 5.56. The zero-order valence-electron chi connectivity index (χ0n) is 11.9. The molecule has 0 bridgehead atoms. The molecule has 0 saturated heterocycles. The smallest absolute Gasteiger partial charge is 0.339 e. The first kappa shape index (κ1) is 16.5. The molecule has 0 heterocycles. The van der Waals surface area contributed by atoms with Gasteiger partial charge in [-0.25, -0.2) is 4.79 Å². The normalized spacial score (nSPS) is 10.5. The number of benzene rings is 1. The predicted molar refractivity (Wildman–Crippen MR) is 79.2 cm³/mol. The van der Waals surface area contributed by atoms with Gasteiger partial charge in [0.25, 0.3) is 5.91 Å². The summed E-state index contributed by atoms with van der Waals surface area (Å²) in [6.45, 7) is 5.34. The van der Waals surface area contributed by atoms with Gasteiger partial charge < -0.3 is 14.7 Å². The topological polar surface area (TPSA) is 66.8 Å². The summed E-state index contributed by atoms with van der Waals surface area (Å²) in [6, 6.07) is 3.27. The molecule has 110 valence electrons.